The first-order valence-electron chi connectivity index (χ1n) is 5.76. The normalized spacial score (nSPS) is 11.9. The Balaban J connectivity index is 2.69. The molecular formula is C10H20N4O3S. The van der Waals surface area contributed by atoms with Crippen molar-refractivity contribution in [2.24, 2.45) is 7.05 Å². The Bertz CT molecular complexity index is 495. The van der Waals surface area contributed by atoms with E-state index in [9.17, 15) is 8.42 Å². The molecule has 7 nitrogen and oxygen atoms in total. The molecule has 0 aliphatic heterocycles. The zero-order chi connectivity index (χ0) is 13.8. The number of nitrogens with two attached hydrogens (primary N) is 1. The van der Waals surface area contributed by atoms with Gasteiger partial charge in [-0.3, -0.25) is 4.68 Å². The molecule has 0 aliphatic carbocycles. The molecule has 0 atom stereocenters. The van der Waals surface area contributed by atoms with Crippen LogP contribution in [0.2, 0.25) is 0 Å². The lowest BCUT2D eigenvalue weighted by molar-refractivity contribution is 0.146. The van der Waals surface area contributed by atoms with Crippen LogP contribution >= 0.6 is 0 Å². The molecule has 0 aliphatic rings. The molecule has 0 amide bonds. The molecule has 0 saturated heterocycles. The van der Waals surface area contributed by atoms with Gasteiger partial charge in [-0.15, -0.1) is 0 Å². The first kappa shape index (κ1) is 14.9. The number of hydrogen-bond donors (Lipinski definition) is 2. The summed E-state index contributed by atoms with van der Waals surface area (Å²) in [7, 11) is -1.95. The largest absolute Gasteiger partial charge is 0.382 e. The van der Waals surface area contributed by atoms with Crippen molar-refractivity contribution in [3.63, 3.8) is 0 Å². The molecule has 0 saturated carbocycles. The lowest BCUT2D eigenvalue weighted by atomic mass is 10.5. The van der Waals surface area contributed by atoms with E-state index in [4.69, 9.17) is 10.5 Å². The molecule has 18 heavy (non-hydrogen) atoms. The van der Waals surface area contributed by atoms with E-state index in [2.05, 4.69) is 9.82 Å². The number of nitrogens with one attached hydrogen (secondary N) is 1. The SMILES string of the molecule is CCOCCCNS(=O)(=O)c1c(N)nn(C)c1C. The Morgan fingerprint density at radius 1 is 1.50 bits per heavy atom. The summed E-state index contributed by atoms with van der Waals surface area (Å²) in [6, 6.07) is 0. The van der Waals surface area contributed by atoms with Gasteiger partial charge in [-0.25, -0.2) is 13.1 Å². The molecule has 0 aromatic carbocycles. The van der Waals surface area contributed by atoms with E-state index in [1.807, 2.05) is 6.92 Å². The first-order valence-corrected chi connectivity index (χ1v) is 7.25. The predicted octanol–water partition coefficient (Wildman–Crippen LogP) is 0.0156. The molecule has 1 rings (SSSR count). The van der Waals surface area contributed by atoms with Crippen LogP contribution in [0.5, 0.6) is 0 Å². The van der Waals surface area contributed by atoms with E-state index in [0.717, 1.165) is 0 Å². The molecular weight excluding hydrogens is 256 g/mol. The lowest BCUT2D eigenvalue weighted by Gasteiger charge is -2.06. The van der Waals surface area contributed by atoms with Gasteiger partial charge in [0, 0.05) is 26.8 Å². The van der Waals surface area contributed by atoms with Crippen LogP contribution in [-0.2, 0) is 21.8 Å². The molecule has 1 aromatic heterocycles. The maximum Gasteiger partial charge on any atom is 0.246 e. The van der Waals surface area contributed by atoms with Crippen LogP contribution < -0.4 is 10.5 Å². The third-order valence-corrected chi connectivity index (χ3v) is 4.16. The Labute approximate surface area is 107 Å². The highest BCUT2D eigenvalue weighted by atomic mass is 32.2. The van der Waals surface area contributed by atoms with Gasteiger partial charge in [0.25, 0.3) is 0 Å². The van der Waals surface area contributed by atoms with E-state index >= 15 is 0 Å². The second kappa shape index (κ2) is 6.17. The summed E-state index contributed by atoms with van der Waals surface area (Å²) >= 11 is 0. The number of hydrogen-bond acceptors (Lipinski definition) is 5. The fourth-order valence-corrected chi connectivity index (χ4v) is 2.94. The molecule has 8 heteroatoms. The monoisotopic (exact) mass is 276 g/mol. The van der Waals surface area contributed by atoms with Crippen molar-refractivity contribution in [2.75, 3.05) is 25.5 Å². The second-order valence-electron chi connectivity index (χ2n) is 3.87. The quantitative estimate of drug-likeness (QED) is 0.684. The van der Waals surface area contributed by atoms with Crippen LogP contribution in [0.15, 0.2) is 4.90 Å². The van der Waals surface area contributed by atoms with E-state index in [0.29, 0.717) is 31.9 Å². The Hall–Kier alpha value is -1.12. The summed E-state index contributed by atoms with van der Waals surface area (Å²) in [4.78, 5) is 0.0569. The third kappa shape index (κ3) is 3.44. The molecule has 0 spiro atoms. The van der Waals surface area contributed by atoms with Gasteiger partial charge < -0.3 is 10.5 Å². The zero-order valence-electron chi connectivity index (χ0n) is 10.9. The third-order valence-electron chi connectivity index (χ3n) is 2.53. The number of aromatic nitrogens is 2. The number of anilines is 1. The van der Waals surface area contributed by atoms with Crippen molar-refractivity contribution in [3.8, 4) is 0 Å². The van der Waals surface area contributed by atoms with Crippen molar-refractivity contribution in [2.45, 2.75) is 25.2 Å². The summed E-state index contributed by atoms with van der Waals surface area (Å²) < 4.78 is 33.1. The van der Waals surface area contributed by atoms with Crippen LogP contribution in [0, 0.1) is 6.92 Å². The molecule has 0 bridgehead atoms. The van der Waals surface area contributed by atoms with Crippen LogP contribution in [0.25, 0.3) is 0 Å². The summed E-state index contributed by atoms with van der Waals surface area (Å²) in [6.07, 6.45) is 0.617. The molecule has 0 fully saturated rings. The van der Waals surface area contributed by atoms with Gasteiger partial charge in [-0.05, 0) is 20.3 Å². The average Bonchev–Trinajstić information content (AvgIpc) is 2.53. The molecule has 1 aromatic rings. The van der Waals surface area contributed by atoms with Gasteiger partial charge in [0.15, 0.2) is 5.82 Å². The van der Waals surface area contributed by atoms with Crippen LogP contribution in [0.4, 0.5) is 5.82 Å². The topological polar surface area (TPSA) is 99.2 Å². The molecule has 0 unspecified atom stereocenters. The van der Waals surface area contributed by atoms with E-state index in [-0.39, 0.29) is 10.7 Å². The molecule has 104 valence electrons. The summed E-state index contributed by atoms with van der Waals surface area (Å²) in [5, 5.41) is 3.89. The number of sulfonamides is 1. The highest BCUT2D eigenvalue weighted by molar-refractivity contribution is 7.89. The number of rotatable bonds is 7. The summed E-state index contributed by atoms with van der Waals surface area (Å²) in [5.41, 5.74) is 6.12. The lowest BCUT2D eigenvalue weighted by Crippen LogP contribution is -2.26. The Morgan fingerprint density at radius 3 is 2.67 bits per heavy atom. The van der Waals surface area contributed by atoms with Gasteiger partial charge >= 0.3 is 0 Å². The standard InChI is InChI=1S/C10H20N4O3S/c1-4-17-7-5-6-12-18(15,16)9-8(2)14(3)13-10(9)11/h12H,4-7H2,1-3H3,(H2,11,13). The van der Waals surface area contributed by atoms with Crippen molar-refractivity contribution >= 4 is 15.8 Å². The zero-order valence-corrected chi connectivity index (χ0v) is 11.7. The minimum atomic E-state index is -3.60. The van der Waals surface area contributed by atoms with Crippen molar-refractivity contribution in [3.05, 3.63) is 5.69 Å². The molecule has 3 N–H and O–H groups in total. The van der Waals surface area contributed by atoms with Crippen LogP contribution in [0.3, 0.4) is 0 Å². The summed E-state index contributed by atoms with van der Waals surface area (Å²) in [5.74, 6) is 0.0207. The number of ether oxygens (including phenoxy) is 1. The van der Waals surface area contributed by atoms with Crippen molar-refractivity contribution < 1.29 is 13.2 Å². The van der Waals surface area contributed by atoms with Gasteiger partial charge in [-0.1, -0.05) is 0 Å². The van der Waals surface area contributed by atoms with E-state index in [1.54, 1.807) is 14.0 Å². The summed E-state index contributed by atoms with van der Waals surface area (Å²) in [6.45, 7) is 5.03. The Morgan fingerprint density at radius 2 is 2.17 bits per heavy atom. The highest BCUT2D eigenvalue weighted by Crippen LogP contribution is 2.20. The highest BCUT2D eigenvalue weighted by Gasteiger charge is 2.23. The Kier molecular flexibility index (Phi) is 5.12. The minimum absolute atomic E-state index is 0.0207. The second-order valence-corrected chi connectivity index (χ2v) is 5.58. The van der Waals surface area contributed by atoms with Crippen LogP contribution in [-0.4, -0.2) is 38.0 Å². The minimum Gasteiger partial charge on any atom is -0.382 e. The van der Waals surface area contributed by atoms with Crippen LogP contribution in [0.1, 0.15) is 19.0 Å². The smallest absolute Gasteiger partial charge is 0.246 e. The van der Waals surface area contributed by atoms with E-state index < -0.39 is 10.0 Å². The number of aryl methyl sites for hydroxylation is 1. The number of nitrogens with zero attached hydrogens (tertiary/aromatic N) is 2. The molecule has 1 heterocycles. The van der Waals surface area contributed by atoms with Crippen molar-refractivity contribution in [1.82, 2.24) is 14.5 Å². The number of nitrogen functional groups attached to an aromatic ring is 1. The maximum atomic E-state index is 12.0. The fourth-order valence-electron chi connectivity index (χ4n) is 1.54. The van der Waals surface area contributed by atoms with Gasteiger partial charge in [0.1, 0.15) is 4.90 Å². The predicted molar refractivity (Wildman–Crippen MR) is 68.7 cm³/mol. The first-order chi connectivity index (χ1) is 8.40. The molecule has 0 radical (unpaired) electrons. The average molecular weight is 276 g/mol. The van der Waals surface area contributed by atoms with E-state index in [1.165, 1.54) is 4.68 Å². The van der Waals surface area contributed by atoms with Gasteiger partial charge in [0.2, 0.25) is 10.0 Å². The fraction of sp³-hybridized carbons (Fsp3) is 0.700. The van der Waals surface area contributed by atoms with Gasteiger partial charge in [-0.2, -0.15) is 5.10 Å². The van der Waals surface area contributed by atoms with Gasteiger partial charge in [0.05, 0.1) is 5.69 Å². The van der Waals surface area contributed by atoms with Crippen molar-refractivity contribution in [1.29, 1.82) is 0 Å². The maximum absolute atomic E-state index is 12.0.